The summed E-state index contributed by atoms with van der Waals surface area (Å²) in [7, 11) is 0. The third kappa shape index (κ3) is 3.83. The van der Waals surface area contributed by atoms with Gasteiger partial charge >= 0.3 is 6.18 Å². The van der Waals surface area contributed by atoms with Crippen molar-refractivity contribution in [1.29, 1.82) is 0 Å². The highest BCUT2D eigenvalue weighted by molar-refractivity contribution is 5.37. The molecular formula is C13H18F3N3. The van der Waals surface area contributed by atoms with Gasteiger partial charge in [-0.1, -0.05) is 0 Å². The van der Waals surface area contributed by atoms with Crippen molar-refractivity contribution in [2.45, 2.75) is 37.9 Å². The van der Waals surface area contributed by atoms with Crippen LogP contribution in [0, 0.1) is 5.92 Å². The monoisotopic (exact) mass is 273 g/mol. The van der Waals surface area contributed by atoms with Crippen molar-refractivity contribution in [1.82, 2.24) is 4.98 Å². The summed E-state index contributed by atoms with van der Waals surface area (Å²) >= 11 is 0. The fourth-order valence-corrected chi connectivity index (χ4v) is 2.40. The summed E-state index contributed by atoms with van der Waals surface area (Å²) in [6.45, 7) is 0.714. The molecule has 0 radical (unpaired) electrons. The lowest BCUT2D eigenvalue weighted by Crippen LogP contribution is -2.29. The van der Waals surface area contributed by atoms with E-state index in [4.69, 9.17) is 5.73 Å². The number of aromatic nitrogens is 1. The maximum Gasteiger partial charge on any atom is 0.417 e. The van der Waals surface area contributed by atoms with Gasteiger partial charge in [-0.15, -0.1) is 0 Å². The number of hydrogen-bond donors (Lipinski definition) is 2. The van der Waals surface area contributed by atoms with Gasteiger partial charge in [0.05, 0.1) is 5.56 Å². The number of rotatable bonds is 3. The Balaban J connectivity index is 1.90. The summed E-state index contributed by atoms with van der Waals surface area (Å²) in [5, 5.41) is 3.18. The molecule has 106 valence electrons. The third-order valence-electron chi connectivity index (χ3n) is 3.62. The molecule has 1 saturated carbocycles. The molecule has 2 rings (SSSR count). The van der Waals surface area contributed by atoms with E-state index in [0.717, 1.165) is 37.9 Å². The number of pyridine rings is 1. The van der Waals surface area contributed by atoms with Crippen molar-refractivity contribution in [3.05, 3.63) is 23.9 Å². The number of anilines is 1. The Kier molecular flexibility index (Phi) is 4.29. The van der Waals surface area contributed by atoms with Gasteiger partial charge in [0.2, 0.25) is 0 Å². The predicted molar refractivity (Wildman–Crippen MR) is 67.7 cm³/mol. The van der Waals surface area contributed by atoms with Crippen LogP contribution >= 0.6 is 0 Å². The van der Waals surface area contributed by atoms with Crippen LogP contribution in [-0.4, -0.2) is 17.6 Å². The van der Waals surface area contributed by atoms with Crippen LogP contribution in [0.25, 0.3) is 0 Å². The highest BCUT2D eigenvalue weighted by atomic mass is 19.4. The zero-order valence-electron chi connectivity index (χ0n) is 10.6. The topological polar surface area (TPSA) is 50.9 Å². The molecule has 1 heterocycles. The molecule has 1 aliphatic carbocycles. The lowest BCUT2D eigenvalue weighted by atomic mass is 9.86. The molecule has 0 atom stereocenters. The minimum absolute atomic E-state index is 0.284. The molecular weight excluding hydrogens is 255 g/mol. The van der Waals surface area contributed by atoms with E-state index in [1.165, 1.54) is 6.07 Å². The lowest BCUT2D eigenvalue weighted by Gasteiger charge is -2.28. The van der Waals surface area contributed by atoms with E-state index in [0.29, 0.717) is 18.3 Å². The number of nitrogens with zero attached hydrogens (tertiary/aromatic N) is 1. The van der Waals surface area contributed by atoms with E-state index in [9.17, 15) is 13.2 Å². The van der Waals surface area contributed by atoms with E-state index < -0.39 is 11.7 Å². The Bertz CT molecular complexity index is 395. The van der Waals surface area contributed by atoms with E-state index in [1.54, 1.807) is 0 Å². The Labute approximate surface area is 110 Å². The van der Waals surface area contributed by atoms with Crippen molar-refractivity contribution < 1.29 is 13.2 Å². The Morgan fingerprint density at radius 3 is 2.37 bits per heavy atom. The SMILES string of the molecule is NCC1CCC(Nc2ccc(C(F)(F)F)cn2)CC1. The van der Waals surface area contributed by atoms with Gasteiger partial charge in [-0.25, -0.2) is 4.98 Å². The first kappa shape index (κ1) is 14.1. The van der Waals surface area contributed by atoms with Crippen molar-refractivity contribution in [3.63, 3.8) is 0 Å². The normalized spacial score (nSPS) is 24.2. The van der Waals surface area contributed by atoms with Gasteiger partial charge in [-0.3, -0.25) is 0 Å². The molecule has 0 aromatic carbocycles. The first-order valence-corrected chi connectivity index (χ1v) is 6.49. The summed E-state index contributed by atoms with van der Waals surface area (Å²) in [5.41, 5.74) is 4.90. The van der Waals surface area contributed by atoms with Crippen molar-refractivity contribution in [2.75, 3.05) is 11.9 Å². The number of alkyl halides is 3. The molecule has 3 nitrogen and oxygen atoms in total. The Morgan fingerprint density at radius 1 is 1.21 bits per heavy atom. The number of nitrogens with one attached hydrogen (secondary N) is 1. The average molecular weight is 273 g/mol. The summed E-state index contributed by atoms with van der Waals surface area (Å²) in [5.74, 6) is 1.09. The van der Waals surface area contributed by atoms with Crippen LogP contribution in [0.1, 0.15) is 31.2 Å². The van der Waals surface area contributed by atoms with Crippen LogP contribution in [0.2, 0.25) is 0 Å². The summed E-state index contributed by atoms with van der Waals surface area (Å²) in [6, 6.07) is 2.73. The van der Waals surface area contributed by atoms with Crippen LogP contribution < -0.4 is 11.1 Å². The zero-order chi connectivity index (χ0) is 13.9. The van der Waals surface area contributed by atoms with Gasteiger partial charge in [0.1, 0.15) is 5.82 Å². The maximum atomic E-state index is 12.4. The minimum Gasteiger partial charge on any atom is -0.367 e. The summed E-state index contributed by atoms with van der Waals surface area (Å²) in [4.78, 5) is 3.82. The largest absolute Gasteiger partial charge is 0.417 e. The van der Waals surface area contributed by atoms with Crippen LogP contribution in [0.15, 0.2) is 18.3 Å². The lowest BCUT2D eigenvalue weighted by molar-refractivity contribution is -0.137. The molecule has 0 spiro atoms. The molecule has 1 fully saturated rings. The molecule has 0 unspecified atom stereocenters. The number of nitrogens with two attached hydrogens (primary N) is 1. The number of halogens is 3. The predicted octanol–water partition coefficient (Wildman–Crippen LogP) is 3.03. The van der Waals surface area contributed by atoms with Gasteiger partial charge in [0, 0.05) is 12.2 Å². The van der Waals surface area contributed by atoms with Crippen molar-refractivity contribution >= 4 is 5.82 Å². The molecule has 1 aromatic heterocycles. The third-order valence-corrected chi connectivity index (χ3v) is 3.62. The summed E-state index contributed by atoms with van der Waals surface area (Å²) < 4.78 is 37.2. The fraction of sp³-hybridized carbons (Fsp3) is 0.615. The molecule has 3 N–H and O–H groups in total. The van der Waals surface area contributed by atoms with Gasteiger partial charge in [-0.05, 0) is 50.3 Å². The van der Waals surface area contributed by atoms with Crippen LogP contribution in [0.3, 0.4) is 0 Å². The number of hydrogen-bond acceptors (Lipinski definition) is 3. The van der Waals surface area contributed by atoms with Crippen molar-refractivity contribution in [2.24, 2.45) is 11.7 Å². The summed E-state index contributed by atoms with van der Waals surface area (Å²) in [6.07, 6.45) is 0.650. The molecule has 1 aromatic rings. The molecule has 6 heteroatoms. The van der Waals surface area contributed by atoms with Gasteiger partial charge in [0.15, 0.2) is 0 Å². The van der Waals surface area contributed by atoms with Crippen LogP contribution in [0.5, 0.6) is 0 Å². The molecule has 1 aliphatic rings. The Morgan fingerprint density at radius 2 is 1.89 bits per heavy atom. The van der Waals surface area contributed by atoms with Crippen molar-refractivity contribution in [3.8, 4) is 0 Å². The maximum absolute atomic E-state index is 12.4. The first-order valence-electron chi connectivity index (χ1n) is 6.49. The Hall–Kier alpha value is -1.30. The standard InChI is InChI=1S/C13H18F3N3/c14-13(15,16)10-3-6-12(18-8-10)19-11-4-1-9(7-17)2-5-11/h3,6,8-9,11H,1-2,4-5,7,17H2,(H,18,19). The van der Waals surface area contributed by atoms with E-state index in [-0.39, 0.29) is 6.04 Å². The molecule has 19 heavy (non-hydrogen) atoms. The minimum atomic E-state index is -4.33. The van der Waals surface area contributed by atoms with Crippen LogP contribution in [0.4, 0.5) is 19.0 Å². The van der Waals surface area contributed by atoms with E-state index in [1.807, 2.05) is 0 Å². The molecule has 0 amide bonds. The fourth-order valence-electron chi connectivity index (χ4n) is 2.40. The molecule has 0 bridgehead atoms. The molecule has 0 saturated heterocycles. The molecule has 0 aliphatic heterocycles. The quantitative estimate of drug-likeness (QED) is 0.890. The van der Waals surface area contributed by atoms with Gasteiger partial charge < -0.3 is 11.1 Å². The van der Waals surface area contributed by atoms with Crippen LogP contribution in [-0.2, 0) is 6.18 Å². The second kappa shape index (κ2) is 5.77. The zero-order valence-corrected chi connectivity index (χ0v) is 10.6. The first-order chi connectivity index (χ1) is 8.99. The van der Waals surface area contributed by atoms with Gasteiger partial charge in [-0.2, -0.15) is 13.2 Å². The van der Waals surface area contributed by atoms with Gasteiger partial charge in [0.25, 0.3) is 0 Å². The highest BCUT2D eigenvalue weighted by Gasteiger charge is 2.30. The van der Waals surface area contributed by atoms with E-state index in [2.05, 4.69) is 10.3 Å². The second-order valence-corrected chi connectivity index (χ2v) is 5.03. The second-order valence-electron chi connectivity index (χ2n) is 5.03. The highest BCUT2D eigenvalue weighted by Crippen LogP contribution is 2.29. The smallest absolute Gasteiger partial charge is 0.367 e. The van der Waals surface area contributed by atoms with E-state index >= 15 is 0 Å². The average Bonchev–Trinajstić information content (AvgIpc) is 2.39.